The first-order valence-electron chi connectivity index (χ1n) is 7.36. The van der Waals surface area contributed by atoms with Gasteiger partial charge in [0.05, 0.1) is 5.56 Å². The largest absolute Gasteiger partial charge is 0.419 e. The van der Waals surface area contributed by atoms with Crippen molar-refractivity contribution in [1.82, 2.24) is 9.88 Å². The van der Waals surface area contributed by atoms with Crippen molar-refractivity contribution in [1.29, 1.82) is 0 Å². The number of methoxy groups -OCH3 is 1. The molecule has 1 unspecified atom stereocenters. The third-order valence-electron chi connectivity index (χ3n) is 3.99. The number of nitrogens with zero attached hydrogens (tertiary/aromatic N) is 3. The molecule has 2 rings (SSSR count). The molecule has 5 nitrogen and oxygen atoms in total. The summed E-state index contributed by atoms with van der Waals surface area (Å²) in [4.78, 5) is 19.0. The van der Waals surface area contributed by atoms with Crippen molar-refractivity contribution in [3.05, 3.63) is 23.9 Å². The fourth-order valence-corrected chi connectivity index (χ4v) is 2.78. The molecule has 1 aromatic rings. The molecule has 128 valence electrons. The Morgan fingerprint density at radius 3 is 2.91 bits per heavy atom. The number of hydrogen-bond acceptors (Lipinski definition) is 4. The Balaban J connectivity index is 2.17. The highest BCUT2D eigenvalue weighted by molar-refractivity contribution is 5.77. The summed E-state index contributed by atoms with van der Waals surface area (Å²) in [5.74, 6) is -0.256. The van der Waals surface area contributed by atoms with E-state index in [0.29, 0.717) is 19.5 Å². The zero-order valence-corrected chi connectivity index (χ0v) is 13.1. The minimum Gasteiger partial charge on any atom is -0.375 e. The Kier molecular flexibility index (Phi) is 5.46. The van der Waals surface area contributed by atoms with Gasteiger partial charge in [-0.25, -0.2) is 4.98 Å². The summed E-state index contributed by atoms with van der Waals surface area (Å²) in [6.07, 6.45) is -1.67. The number of anilines is 1. The Bertz CT molecular complexity index is 551. The Morgan fingerprint density at radius 2 is 2.26 bits per heavy atom. The molecule has 0 radical (unpaired) electrons. The number of ether oxygens (including phenoxy) is 1. The second-order valence-electron chi connectivity index (χ2n) is 5.55. The number of hydrogen-bond donors (Lipinski definition) is 0. The van der Waals surface area contributed by atoms with Gasteiger partial charge in [0.1, 0.15) is 12.4 Å². The maximum Gasteiger partial charge on any atom is 0.419 e. The zero-order chi connectivity index (χ0) is 17.0. The third-order valence-corrected chi connectivity index (χ3v) is 3.99. The topological polar surface area (TPSA) is 45.7 Å². The summed E-state index contributed by atoms with van der Waals surface area (Å²) in [5, 5.41) is 0. The molecule has 1 aromatic heterocycles. The third kappa shape index (κ3) is 4.13. The number of pyridine rings is 1. The van der Waals surface area contributed by atoms with Gasteiger partial charge in [-0.1, -0.05) is 0 Å². The SMILES string of the molecule is COCC(=O)N1CCCC(N(C)c2ncccc2C(F)(F)F)C1. The second kappa shape index (κ2) is 7.16. The van der Waals surface area contributed by atoms with E-state index in [0.717, 1.165) is 12.5 Å². The molecular weight excluding hydrogens is 311 g/mol. The van der Waals surface area contributed by atoms with E-state index in [2.05, 4.69) is 4.98 Å². The van der Waals surface area contributed by atoms with Gasteiger partial charge >= 0.3 is 6.18 Å². The molecule has 1 amide bonds. The van der Waals surface area contributed by atoms with E-state index in [1.807, 2.05) is 0 Å². The summed E-state index contributed by atoms with van der Waals surface area (Å²) in [6.45, 7) is 0.946. The number of likely N-dealkylation sites (tertiary alicyclic amines) is 1. The van der Waals surface area contributed by atoms with Crippen molar-refractivity contribution < 1.29 is 22.7 Å². The van der Waals surface area contributed by atoms with Crippen molar-refractivity contribution in [3.8, 4) is 0 Å². The monoisotopic (exact) mass is 331 g/mol. The molecule has 2 heterocycles. The lowest BCUT2D eigenvalue weighted by molar-refractivity contribution is -0.138. The quantitative estimate of drug-likeness (QED) is 0.848. The van der Waals surface area contributed by atoms with Crippen molar-refractivity contribution in [2.24, 2.45) is 0 Å². The molecule has 0 saturated carbocycles. The fourth-order valence-electron chi connectivity index (χ4n) is 2.78. The molecule has 0 bridgehead atoms. The molecule has 23 heavy (non-hydrogen) atoms. The van der Waals surface area contributed by atoms with Crippen LogP contribution in [0.1, 0.15) is 18.4 Å². The van der Waals surface area contributed by atoms with Crippen LogP contribution in [-0.4, -0.2) is 55.7 Å². The van der Waals surface area contributed by atoms with Crippen LogP contribution in [0.15, 0.2) is 18.3 Å². The Labute approximate surface area is 133 Å². The zero-order valence-electron chi connectivity index (χ0n) is 13.1. The Hall–Kier alpha value is -1.83. The molecule has 0 aliphatic carbocycles. The van der Waals surface area contributed by atoms with Gasteiger partial charge in [0, 0.05) is 39.5 Å². The molecule has 1 fully saturated rings. The van der Waals surface area contributed by atoms with Crippen LogP contribution >= 0.6 is 0 Å². The van der Waals surface area contributed by atoms with Gasteiger partial charge in [-0.15, -0.1) is 0 Å². The number of carbonyl (C=O) groups is 1. The van der Waals surface area contributed by atoms with E-state index < -0.39 is 11.7 Å². The Morgan fingerprint density at radius 1 is 1.52 bits per heavy atom. The van der Waals surface area contributed by atoms with Crippen molar-refractivity contribution in [3.63, 3.8) is 0 Å². The number of amides is 1. The summed E-state index contributed by atoms with van der Waals surface area (Å²) >= 11 is 0. The number of rotatable bonds is 4. The number of likely N-dealkylation sites (N-methyl/N-ethyl adjacent to an activating group) is 1. The van der Waals surface area contributed by atoms with Gasteiger partial charge in [-0.05, 0) is 25.0 Å². The highest BCUT2D eigenvalue weighted by atomic mass is 19.4. The standard InChI is InChI=1S/C15H20F3N3O2/c1-20(14-12(15(16,17)18)6-3-7-19-14)11-5-4-8-21(9-11)13(22)10-23-2/h3,6-7,11H,4-5,8-10H2,1-2H3. The van der Waals surface area contributed by atoms with Gasteiger partial charge in [0.15, 0.2) is 0 Å². The fraction of sp³-hybridized carbons (Fsp3) is 0.600. The summed E-state index contributed by atoms with van der Waals surface area (Å²) in [7, 11) is 3.03. The number of halogens is 3. The highest BCUT2D eigenvalue weighted by Gasteiger charge is 2.37. The van der Waals surface area contributed by atoms with Crippen molar-refractivity contribution in [2.75, 3.05) is 38.8 Å². The minimum atomic E-state index is -4.46. The van der Waals surface area contributed by atoms with Crippen molar-refractivity contribution in [2.45, 2.75) is 25.1 Å². The molecule has 1 saturated heterocycles. The van der Waals surface area contributed by atoms with E-state index in [1.165, 1.54) is 24.3 Å². The minimum absolute atomic E-state index is 0.0200. The summed E-state index contributed by atoms with van der Waals surface area (Å²) < 4.78 is 44.2. The second-order valence-corrected chi connectivity index (χ2v) is 5.55. The van der Waals surface area contributed by atoms with E-state index in [9.17, 15) is 18.0 Å². The molecule has 0 spiro atoms. The van der Waals surface area contributed by atoms with E-state index in [1.54, 1.807) is 11.9 Å². The average molecular weight is 331 g/mol. The summed E-state index contributed by atoms with van der Waals surface area (Å²) in [6, 6.07) is 2.09. The predicted octanol–water partition coefficient (Wildman–Crippen LogP) is 2.17. The molecule has 1 aliphatic heterocycles. The van der Waals surface area contributed by atoms with Crippen LogP contribution in [0.2, 0.25) is 0 Å². The number of piperidine rings is 1. The van der Waals surface area contributed by atoms with Crippen LogP contribution in [0.3, 0.4) is 0 Å². The molecule has 0 N–H and O–H groups in total. The van der Waals surface area contributed by atoms with Crippen LogP contribution in [0.25, 0.3) is 0 Å². The van der Waals surface area contributed by atoms with E-state index >= 15 is 0 Å². The average Bonchev–Trinajstić information content (AvgIpc) is 2.54. The smallest absolute Gasteiger partial charge is 0.375 e. The van der Waals surface area contributed by atoms with E-state index in [4.69, 9.17) is 4.74 Å². The maximum atomic E-state index is 13.1. The lowest BCUT2D eigenvalue weighted by Gasteiger charge is -2.38. The first kappa shape index (κ1) is 17.5. The lowest BCUT2D eigenvalue weighted by atomic mass is 10.0. The maximum absolute atomic E-state index is 13.1. The molecule has 1 aliphatic rings. The van der Waals surface area contributed by atoms with Gasteiger partial charge in [0.25, 0.3) is 0 Å². The molecule has 1 atom stereocenters. The van der Waals surface area contributed by atoms with Crippen molar-refractivity contribution >= 4 is 11.7 Å². The van der Waals surface area contributed by atoms with Gasteiger partial charge < -0.3 is 14.5 Å². The molecular formula is C15H20F3N3O2. The van der Waals surface area contributed by atoms with Crippen LogP contribution in [0.5, 0.6) is 0 Å². The van der Waals surface area contributed by atoms with Gasteiger partial charge in [0.2, 0.25) is 5.91 Å². The first-order valence-corrected chi connectivity index (χ1v) is 7.36. The number of carbonyl (C=O) groups excluding carboxylic acids is 1. The van der Waals surface area contributed by atoms with Gasteiger partial charge in [-0.2, -0.15) is 13.2 Å². The molecule has 0 aromatic carbocycles. The highest BCUT2D eigenvalue weighted by Crippen LogP contribution is 2.36. The van der Waals surface area contributed by atoms with Crippen LogP contribution < -0.4 is 4.90 Å². The van der Waals surface area contributed by atoms with Crippen LogP contribution in [0.4, 0.5) is 19.0 Å². The number of alkyl halides is 3. The first-order chi connectivity index (χ1) is 10.8. The van der Waals surface area contributed by atoms with Crippen LogP contribution in [-0.2, 0) is 15.7 Å². The van der Waals surface area contributed by atoms with Crippen LogP contribution in [0, 0.1) is 0 Å². The van der Waals surface area contributed by atoms with Gasteiger partial charge in [-0.3, -0.25) is 4.79 Å². The van der Waals surface area contributed by atoms with E-state index in [-0.39, 0.29) is 24.4 Å². The predicted molar refractivity (Wildman–Crippen MR) is 79.1 cm³/mol. The normalized spacial score (nSPS) is 18.8. The summed E-state index contributed by atoms with van der Waals surface area (Å²) in [5.41, 5.74) is -0.761. The number of aromatic nitrogens is 1. The molecule has 8 heteroatoms. The lowest BCUT2D eigenvalue weighted by Crippen LogP contribution is -2.50.